The quantitative estimate of drug-likeness (QED) is 0.585. The molecule has 1 aromatic heterocycles. The number of aromatic nitrogens is 2. The predicted molar refractivity (Wildman–Crippen MR) is 61.3 cm³/mol. The normalized spacial score (nSPS) is 10.5. The van der Waals surface area contributed by atoms with Gasteiger partial charge in [-0.25, -0.2) is 4.98 Å². The van der Waals surface area contributed by atoms with Crippen LogP contribution in [0.3, 0.4) is 0 Å². The third-order valence-electron chi connectivity index (χ3n) is 1.95. The molecule has 1 aromatic carbocycles. The van der Waals surface area contributed by atoms with Gasteiger partial charge in [-0.15, -0.1) is 0 Å². The number of nitrogens with zero attached hydrogens (tertiary/aromatic N) is 2. The summed E-state index contributed by atoms with van der Waals surface area (Å²) in [6.45, 7) is 0. The summed E-state index contributed by atoms with van der Waals surface area (Å²) in [6.07, 6.45) is 3.75. The SMILES string of the molecule is COCSc1nccn1-c1ccccc1. The van der Waals surface area contributed by atoms with Crippen LogP contribution < -0.4 is 0 Å². The molecule has 15 heavy (non-hydrogen) atoms. The largest absolute Gasteiger partial charge is 0.374 e. The maximum Gasteiger partial charge on any atom is 0.174 e. The van der Waals surface area contributed by atoms with Crippen LogP contribution in [0.15, 0.2) is 47.9 Å². The molecule has 3 nitrogen and oxygen atoms in total. The van der Waals surface area contributed by atoms with Crippen molar-refractivity contribution in [3.05, 3.63) is 42.7 Å². The molecule has 4 heteroatoms. The van der Waals surface area contributed by atoms with E-state index in [-0.39, 0.29) is 0 Å². The summed E-state index contributed by atoms with van der Waals surface area (Å²) < 4.78 is 7.06. The molecule has 0 saturated carbocycles. The molecule has 0 aliphatic heterocycles. The van der Waals surface area contributed by atoms with Crippen LogP contribution in [-0.4, -0.2) is 22.6 Å². The van der Waals surface area contributed by atoms with Gasteiger partial charge in [0.1, 0.15) is 0 Å². The summed E-state index contributed by atoms with van der Waals surface area (Å²) >= 11 is 1.58. The number of hydrogen-bond acceptors (Lipinski definition) is 3. The third-order valence-corrected chi connectivity index (χ3v) is 2.86. The van der Waals surface area contributed by atoms with E-state index in [0.717, 1.165) is 10.8 Å². The number of ether oxygens (including phenoxy) is 1. The highest BCUT2D eigenvalue weighted by Gasteiger charge is 2.04. The maximum absolute atomic E-state index is 5.02. The second-order valence-electron chi connectivity index (χ2n) is 2.97. The molecule has 78 valence electrons. The minimum absolute atomic E-state index is 0.615. The Balaban J connectivity index is 2.25. The summed E-state index contributed by atoms with van der Waals surface area (Å²) in [5.74, 6) is 0.615. The molecule has 0 unspecified atom stereocenters. The van der Waals surface area contributed by atoms with Crippen LogP contribution in [0.25, 0.3) is 5.69 Å². The standard InChI is InChI=1S/C11H12N2OS/c1-14-9-15-11-12-7-8-13(11)10-5-3-2-4-6-10/h2-8H,9H2,1H3. The zero-order valence-electron chi connectivity index (χ0n) is 8.46. The van der Waals surface area contributed by atoms with Gasteiger partial charge >= 0.3 is 0 Å². The number of benzene rings is 1. The molecule has 1 heterocycles. The fraction of sp³-hybridized carbons (Fsp3) is 0.182. The molecule has 0 bridgehead atoms. The topological polar surface area (TPSA) is 27.1 Å². The molecule has 0 fully saturated rings. The molecule has 0 atom stereocenters. The fourth-order valence-corrected chi connectivity index (χ4v) is 1.96. The van der Waals surface area contributed by atoms with E-state index in [1.54, 1.807) is 25.1 Å². The second-order valence-corrected chi connectivity index (χ2v) is 3.86. The van der Waals surface area contributed by atoms with Gasteiger partial charge in [0.25, 0.3) is 0 Å². The van der Waals surface area contributed by atoms with Crippen molar-refractivity contribution in [3.63, 3.8) is 0 Å². The molecule has 0 aliphatic rings. The van der Waals surface area contributed by atoms with Crippen molar-refractivity contribution in [2.45, 2.75) is 5.16 Å². The van der Waals surface area contributed by atoms with Crippen molar-refractivity contribution in [2.75, 3.05) is 13.0 Å². The van der Waals surface area contributed by atoms with Gasteiger partial charge in [-0.3, -0.25) is 4.57 Å². The van der Waals surface area contributed by atoms with Gasteiger partial charge in [0.05, 0.1) is 5.94 Å². The predicted octanol–water partition coefficient (Wildman–Crippen LogP) is 2.57. The summed E-state index contributed by atoms with van der Waals surface area (Å²) in [4.78, 5) is 4.28. The van der Waals surface area contributed by atoms with E-state index in [0.29, 0.717) is 5.94 Å². The van der Waals surface area contributed by atoms with Crippen molar-refractivity contribution in [1.82, 2.24) is 9.55 Å². The van der Waals surface area contributed by atoms with E-state index in [1.807, 2.05) is 29.0 Å². The second kappa shape index (κ2) is 5.00. The number of para-hydroxylation sites is 1. The Morgan fingerprint density at radius 1 is 1.33 bits per heavy atom. The van der Waals surface area contributed by atoms with Crippen LogP contribution in [0.2, 0.25) is 0 Å². The summed E-state index contributed by atoms with van der Waals surface area (Å²) in [7, 11) is 1.68. The Hall–Kier alpha value is -1.26. The van der Waals surface area contributed by atoms with E-state index in [2.05, 4.69) is 17.1 Å². The Kier molecular flexibility index (Phi) is 3.42. The molecule has 0 radical (unpaired) electrons. The van der Waals surface area contributed by atoms with Gasteiger partial charge < -0.3 is 4.74 Å². The molecule has 0 amide bonds. The molecular formula is C11H12N2OS. The molecular weight excluding hydrogens is 208 g/mol. The Labute approximate surface area is 93.1 Å². The minimum Gasteiger partial charge on any atom is -0.374 e. The molecule has 0 saturated heterocycles. The number of thioether (sulfide) groups is 1. The first-order valence-electron chi connectivity index (χ1n) is 4.62. The third kappa shape index (κ3) is 2.40. The highest BCUT2D eigenvalue weighted by Crippen LogP contribution is 2.19. The Morgan fingerprint density at radius 2 is 2.13 bits per heavy atom. The number of hydrogen-bond donors (Lipinski definition) is 0. The van der Waals surface area contributed by atoms with E-state index < -0.39 is 0 Å². The molecule has 2 aromatic rings. The average molecular weight is 220 g/mol. The van der Waals surface area contributed by atoms with Crippen molar-refractivity contribution in [2.24, 2.45) is 0 Å². The number of methoxy groups -OCH3 is 1. The van der Waals surface area contributed by atoms with Gasteiger partial charge in [0.2, 0.25) is 0 Å². The highest BCUT2D eigenvalue weighted by molar-refractivity contribution is 7.99. The van der Waals surface area contributed by atoms with Crippen LogP contribution in [0, 0.1) is 0 Å². The van der Waals surface area contributed by atoms with Crippen LogP contribution in [0.1, 0.15) is 0 Å². The minimum atomic E-state index is 0.615. The maximum atomic E-state index is 5.02. The Morgan fingerprint density at radius 3 is 2.87 bits per heavy atom. The van der Waals surface area contributed by atoms with E-state index in [1.165, 1.54) is 0 Å². The lowest BCUT2D eigenvalue weighted by Gasteiger charge is -2.06. The van der Waals surface area contributed by atoms with Crippen molar-refractivity contribution in [1.29, 1.82) is 0 Å². The first kappa shape index (κ1) is 10.3. The van der Waals surface area contributed by atoms with Gasteiger partial charge in [-0.1, -0.05) is 30.0 Å². The van der Waals surface area contributed by atoms with Gasteiger partial charge in [0.15, 0.2) is 5.16 Å². The van der Waals surface area contributed by atoms with Crippen LogP contribution >= 0.6 is 11.8 Å². The van der Waals surface area contributed by atoms with Crippen LogP contribution in [-0.2, 0) is 4.74 Å². The lowest BCUT2D eigenvalue weighted by atomic mass is 10.3. The van der Waals surface area contributed by atoms with Crippen molar-refractivity contribution in [3.8, 4) is 5.69 Å². The summed E-state index contributed by atoms with van der Waals surface area (Å²) in [5, 5.41) is 0.947. The van der Waals surface area contributed by atoms with Crippen molar-refractivity contribution < 1.29 is 4.74 Å². The monoisotopic (exact) mass is 220 g/mol. The summed E-state index contributed by atoms with van der Waals surface area (Å²) in [6, 6.07) is 10.1. The van der Waals surface area contributed by atoms with E-state index >= 15 is 0 Å². The van der Waals surface area contributed by atoms with Gasteiger partial charge in [0, 0.05) is 25.2 Å². The number of imidazole rings is 1. The van der Waals surface area contributed by atoms with Crippen LogP contribution in [0.5, 0.6) is 0 Å². The van der Waals surface area contributed by atoms with E-state index in [9.17, 15) is 0 Å². The van der Waals surface area contributed by atoms with Crippen LogP contribution in [0.4, 0.5) is 0 Å². The molecule has 0 N–H and O–H groups in total. The van der Waals surface area contributed by atoms with Gasteiger partial charge in [-0.2, -0.15) is 0 Å². The summed E-state index contributed by atoms with van der Waals surface area (Å²) in [5.41, 5.74) is 1.12. The molecule has 0 aliphatic carbocycles. The zero-order valence-corrected chi connectivity index (χ0v) is 9.28. The lowest BCUT2D eigenvalue weighted by Crippen LogP contribution is -1.95. The Bertz CT molecular complexity index is 414. The van der Waals surface area contributed by atoms with Gasteiger partial charge in [-0.05, 0) is 12.1 Å². The first-order chi connectivity index (χ1) is 7.42. The van der Waals surface area contributed by atoms with Crippen molar-refractivity contribution >= 4 is 11.8 Å². The molecule has 0 spiro atoms. The zero-order chi connectivity index (χ0) is 10.5. The van der Waals surface area contributed by atoms with E-state index in [4.69, 9.17) is 4.74 Å². The number of rotatable bonds is 4. The first-order valence-corrected chi connectivity index (χ1v) is 5.61. The average Bonchev–Trinajstić information content (AvgIpc) is 2.75. The highest BCUT2D eigenvalue weighted by atomic mass is 32.2. The molecule has 2 rings (SSSR count). The smallest absolute Gasteiger partial charge is 0.174 e. The fourth-order valence-electron chi connectivity index (χ4n) is 1.29. The lowest BCUT2D eigenvalue weighted by molar-refractivity contribution is 0.258.